The van der Waals surface area contributed by atoms with Crippen molar-refractivity contribution in [2.24, 2.45) is 0 Å². The minimum Gasteiger partial charge on any atom is -0.385 e. The van der Waals surface area contributed by atoms with E-state index < -0.39 is 0 Å². The zero-order valence-corrected chi connectivity index (χ0v) is 13.4. The van der Waals surface area contributed by atoms with E-state index in [-0.39, 0.29) is 0 Å². The third kappa shape index (κ3) is 2.39. The van der Waals surface area contributed by atoms with Crippen LogP contribution in [-0.2, 0) is 19.4 Å². The maximum absolute atomic E-state index is 3.55. The summed E-state index contributed by atoms with van der Waals surface area (Å²) in [6.07, 6.45) is 3.70. The van der Waals surface area contributed by atoms with E-state index in [0.29, 0.717) is 6.04 Å². The Labute approximate surface area is 130 Å². The molecule has 0 aliphatic carbocycles. The molecule has 0 radical (unpaired) electrons. The molecule has 21 heavy (non-hydrogen) atoms. The van der Waals surface area contributed by atoms with Crippen molar-refractivity contribution >= 4 is 17.0 Å². The molecule has 110 valence electrons. The van der Waals surface area contributed by atoms with Gasteiger partial charge in [-0.2, -0.15) is 0 Å². The van der Waals surface area contributed by atoms with Crippen LogP contribution in [0.4, 0.5) is 5.69 Å². The molecular weight excluding hydrogens is 276 g/mol. The van der Waals surface area contributed by atoms with Crippen LogP contribution < -0.4 is 5.32 Å². The number of hydrogen-bond acceptors (Lipinski definition) is 3. The predicted octanol–water partition coefficient (Wildman–Crippen LogP) is 4.23. The summed E-state index contributed by atoms with van der Waals surface area (Å²) >= 11 is 1.92. The van der Waals surface area contributed by atoms with Crippen molar-refractivity contribution in [3.05, 3.63) is 51.2 Å². The Bertz CT molecular complexity index is 646. The molecule has 3 heteroatoms. The number of anilines is 1. The van der Waals surface area contributed by atoms with E-state index >= 15 is 0 Å². The number of fused-ring (bicyclic) bond motifs is 2. The highest BCUT2D eigenvalue weighted by Gasteiger charge is 2.25. The quantitative estimate of drug-likeness (QED) is 0.893. The van der Waals surface area contributed by atoms with Crippen LogP contribution in [0.5, 0.6) is 0 Å². The number of nitrogens with zero attached hydrogens (tertiary/aromatic N) is 1. The van der Waals surface area contributed by atoms with Gasteiger partial charge in [0.2, 0.25) is 0 Å². The lowest BCUT2D eigenvalue weighted by molar-refractivity contribution is 0.191. The Morgan fingerprint density at radius 3 is 3.19 bits per heavy atom. The van der Waals surface area contributed by atoms with Crippen LogP contribution in [0.2, 0.25) is 0 Å². The number of rotatable bonds is 2. The van der Waals surface area contributed by atoms with E-state index in [4.69, 9.17) is 0 Å². The van der Waals surface area contributed by atoms with Gasteiger partial charge in [-0.05, 0) is 60.4 Å². The fourth-order valence-electron chi connectivity index (χ4n) is 3.73. The van der Waals surface area contributed by atoms with Crippen molar-refractivity contribution in [2.45, 2.75) is 38.8 Å². The first-order valence-corrected chi connectivity index (χ1v) is 8.86. The third-order valence-electron chi connectivity index (χ3n) is 4.97. The minimum absolute atomic E-state index is 0.549. The van der Waals surface area contributed by atoms with Crippen LogP contribution >= 0.6 is 11.3 Å². The van der Waals surface area contributed by atoms with Crippen LogP contribution in [0.1, 0.15) is 41.0 Å². The molecule has 0 bridgehead atoms. The maximum Gasteiger partial charge on any atom is 0.0375 e. The van der Waals surface area contributed by atoms with Gasteiger partial charge in [0.25, 0.3) is 0 Å². The van der Waals surface area contributed by atoms with E-state index in [2.05, 4.69) is 46.8 Å². The summed E-state index contributed by atoms with van der Waals surface area (Å²) in [5, 5.41) is 5.80. The molecule has 2 aromatic rings. The summed E-state index contributed by atoms with van der Waals surface area (Å²) in [7, 11) is 0. The van der Waals surface area contributed by atoms with Gasteiger partial charge in [-0.25, -0.2) is 0 Å². The largest absolute Gasteiger partial charge is 0.385 e. The molecule has 1 unspecified atom stereocenters. The van der Waals surface area contributed by atoms with Gasteiger partial charge >= 0.3 is 0 Å². The van der Waals surface area contributed by atoms with Gasteiger partial charge in [-0.1, -0.05) is 12.1 Å². The Morgan fingerprint density at radius 1 is 1.29 bits per heavy atom. The van der Waals surface area contributed by atoms with Crippen molar-refractivity contribution in [3.63, 3.8) is 0 Å². The molecule has 3 heterocycles. The molecule has 2 nitrogen and oxygen atoms in total. The number of thiophene rings is 1. The highest BCUT2D eigenvalue weighted by Crippen LogP contribution is 2.35. The molecule has 0 amide bonds. The summed E-state index contributed by atoms with van der Waals surface area (Å²) in [6.45, 7) is 5.75. The summed E-state index contributed by atoms with van der Waals surface area (Å²) in [5.74, 6) is 0. The van der Waals surface area contributed by atoms with Crippen LogP contribution in [0, 0.1) is 0 Å². The molecule has 0 spiro atoms. The van der Waals surface area contributed by atoms with Gasteiger partial charge in [0, 0.05) is 36.2 Å². The number of benzene rings is 1. The average molecular weight is 298 g/mol. The van der Waals surface area contributed by atoms with E-state index in [1.807, 2.05) is 11.3 Å². The Morgan fingerprint density at radius 2 is 2.24 bits per heavy atom. The van der Waals surface area contributed by atoms with E-state index in [0.717, 1.165) is 13.1 Å². The van der Waals surface area contributed by atoms with Crippen molar-refractivity contribution in [1.82, 2.24) is 4.90 Å². The van der Waals surface area contributed by atoms with Gasteiger partial charge in [0.15, 0.2) is 0 Å². The van der Waals surface area contributed by atoms with Crippen molar-refractivity contribution in [2.75, 3.05) is 18.4 Å². The minimum atomic E-state index is 0.549. The summed E-state index contributed by atoms with van der Waals surface area (Å²) in [4.78, 5) is 4.23. The van der Waals surface area contributed by atoms with Crippen LogP contribution in [0.25, 0.3) is 0 Å². The van der Waals surface area contributed by atoms with Gasteiger partial charge in [-0.3, -0.25) is 4.90 Å². The fourth-order valence-corrected chi connectivity index (χ4v) is 4.69. The predicted molar refractivity (Wildman–Crippen MR) is 90.1 cm³/mol. The lowest BCUT2D eigenvalue weighted by atomic mass is 9.95. The van der Waals surface area contributed by atoms with Crippen LogP contribution in [-0.4, -0.2) is 18.0 Å². The average Bonchev–Trinajstić information content (AvgIpc) is 3.00. The van der Waals surface area contributed by atoms with Crippen molar-refractivity contribution < 1.29 is 0 Å². The maximum atomic E-state index is 3.55. The van der Waals surface area contributed by atoms with Crippen molar-refractivity contribution in [1.29, 1.82) is 0 Å². The smallest absolute Gasteiger partial charge is 0.0375 e. The van der Waals surface area contributed by atoms with Crippen LogP contribution in [0.15, 0.2) is 29.6 Å². The first-order valence-electron chi connectivity index (χ1n) is 7.98. The molecule has 0 fully saturated rings. The highest BCUT2D eigenvalue weighted by atomic mass is 32.1. The van der Waals surface area contributed by atoms with Gasteiger partial charge < -0.3 is 5.32 Å². The molecule has 2 aliphatic heterocycles. The lowest BCUT2D eigenvalue weighted by Gasteiger charge is -2.34. The molecule has 1 aromatic carbocycles. The topological polar surface area (TPSA) is 15.3 Å². The second-order valence-electron chi connectivity index (χ2n) is 6.17. The standard InChI is InChI=1S/C18H22N2S/c1-13-15-8-11-21-18(15)7-10-20(13)12-14-4-2-6-17-16(14)5-3-9-19-17/h2,4,6,8,11,13,19H,3,5,7,9-10,12H2,1H3. The molecule has 1 aromatic heterocycles. The summed E-state index contributed by atoms with van der Waals surface area (Å²) in [5.41, 5.74) is 5.98. The second-order valence-corrected chi connectivity index (χ2v) is 7.17. The Balaban J connectivity index is 1.60. The third-order valence-corrected chi connectivity index (χ3v) is 5.97. The first kappa shape index (κ1) is 13.4. The molecule has 1 atom stereocenters. The van der Waals surface area contributed by atoms with E-state index in [1.165, 1.54) is 37.1 Å². The zero-order chi connectivity index (χ0) is 14.2. The summed E-state index contributed by atoms with van der Waals surface area (Å²) in [6, 6.07) is 9.62. The molecule has 0 saturated carbocycles. The Hall–Kier alpha value is -1.32. The Kier molecular flexibility index (Phi) is 3.48. The molecule has 2 aliphatic rings. The SMILES string of the molecule is CC1c2ccsc2CCN1Cc1cccc2c1CCCN2. The van der Waals surface area contributed by atoms with E-state index in [1.54, 1.807) is 16.0 Å². The fraction of sp³-hybridized carbons (Fsp3) is 0.444. The van der Waals surface area contributed by atoms with Crippen LogP contribution in [0.3, 0.4) is 0 Å². The molecule has 0 saturated heterocycles. The molecular formula is C18H22N2S. The van der Waals surface area contributed by atoms with Gasteiger partial charge in [0.1, 0.15) is 0 Å². The molecule has 1 N–H and O–H groups in total. The first-order chi connectivity index (χ1) is 10.3. The second kappa shape index (κ2) is 5.47. The normalized spacial score (nSPS) is 21.5. The van der Waals surface area contributed by atoms with Crippen molar-refractivity contribution in [3.8, 4) is 0 Å². The zero-order valence-electron chi connectivity index (χ0n) is 12.6. The van der Waals surface area contributed by atoms with E-state index in [9.17, 15) is 0 Å². The molecule has 4 rings (SSSR count). The summed E-state index contributed by atoms with van der Waals surface area (Å²) < 4.78 is 0. The van der Waals surface area contributed by atoms with Gasteiger partial charge in [-0.15, -0.1) is 11.3 Å². The monoisotopic (exact) mass is 298 g/mol. The number of nitrogens with one attached hydrogen (secondary N) is 1. The highest BCUT2D eigenvalue weighted by molar-refractivity contribution is 7.10. The van der Waals surface area contributed by atoms with Gasteiger partial charge in [0.05, 0.1) is 0 Å². The lowest BCUT2D eigenvalue weighted by Crippen LogP contribution is -2.33. The number of hydrogen-bond donors (Lipinski definition) is 1.